The van der Waals surface area contributed by atoms with Gasteiger partial charge in [0.05, 0.1) is 13.2 Å². The van der Waals surface area contributed by atoms with E-state index in [0.717, 1.165) is 4.57 Å². The van der Waals surface area contributed by atoms with Crippen LogP contribution in [0.2, 0.25) is 0 Å². The number of nitrogens with zero attached hydrogens (tertiary/aromatic N) is 5. The maximum atomic E-state index is 12.0. The van der Waals surface area contributed by atoms with Crippen LogP contribution in [0.3, 0.4) is 0 Å². The van der Waals surface area contributed by atoms with Crippen molar-refractivity contribution in [3.05, 3.63) is 26.7 Å². The number of aryl methyl sites for hydroxylation is 1. The molecule has 2 aromatic rings. The Hall–Kier alpha value is -2.13. The Morgan fingerprint density at radius 2 is 1.79 bits per heavy atom. The van der Waals surface area contributed by atoms with E-state index in [-0.39, 0.29) is 17.0 Å². The molecular formula is C10H11N5O4. The van der Waals surface area contributed by atoms with Gasteiger partial charge in [-0.2, -0.15) is 0 Å². The minimum absolute atomic E-state index is 0.0636. The molecule has 1 fully saturated rings. The first-order valence-corrected chi connectivity index (χ1v) is 5.63. The summed E-state index contributed by atoms with van der Waals surface area (Å²) in [6, 6.07) is 0. The van der Waals surface area contributed by atoms with Crippen LogP contribution < -0.4 is 11.2 Å². The molecule has 9 heteroatoms. The molecule has 1 saturated heterocycles. The lowest BCUT2D eigenvalue weighted by atomic mass is 10.4. The minimum Gasteiger partial charge on any atom is -0.343 e. The third-order valence-corrected chi connectivity index (χ3v) is 2.92. The van der Waals surface area contributed by atoms with Crippen LogP contribution >= 0.6 is 0 Å². The van der Waals surface area contributed by atoms with Crippen LogP contribution in [0, 0.1) is 0 Å². The van der Waals surface area contributed by atoms with Gasteiger partial charge in [0.25, 0.3) is 5.56 Å². The molecule has 100 valence electrons. The molecule has 0 amide bonds. The highest BCUT2D eigenvalue weighted by Crippen LogP contribution is 2.19. The third-order valence-electron chi connectivity index (χ3n) is 2.92. The van der Waals surface area contributed by atoms with Gasteiger partial charge < -0.3 is 9.47 Å². The second-order valence-corrected chi connectivity index (χ2v) is 4.12. The minimum atomic E-state index is -0.709. The van der Waals surface area contributed by atoms with Crippen molar-refractivity contribution < 1.29 is 9.47 Å². The summed E-state index contributed by atoms with van der Waals surface area (Å²) in [7, 11) is 2.89. The van der Waals surface area contributed by atoms with Gasteiger partial charge >= 0.3 is 5.69 Å². The molecule has 0 unspecified atom stereocenters. The molecule has 9 nitrogen and oxygen atoms in total. The number of aromatic nitrogens is 5. The summed E-state index contributed by atoms with van der Waals surface area (Å²) in [6.07, 6.45) is -0.709. The Bertz CT molecular complexity index is 759. The monoisotopic (exact) mass is 265 g/mol. The SMILES string of the molecule is Cn1c(=O)c2nc(C3OCCO3)nnc2n(C)c1=O. The van der Waals surface area contributed by atoms with Crippen LogP contribution in [-0.2, 0) is 23.6 Å². The molecule has 0 radical (unpaired) electrons. The fourth-order valence-corrected chi connectivity index (χ4v) is 1.87. The highest BCUT2D eigenvalue weighted by atomic mass is 16.7. The molecule has 1 aliphatic heterocycles. The van der Waals surface area contributed by atoms with E-state index in [4.69, 9.17) is 9.47 Å². The summed E-state index contributed by atoms with van der Waals surface area (Å²) in [4.78, 5) is 27.8. The smallest absolute Gasteiger partial charge is 0.332 e. The van der Waals surface area contributed by atoms with Gasteiger partial charge in [0.2, 0.25) is 12.1 Å². The molecule has 0 spiro atoms. The summed E-state index contributed by atoms with van der Waals surface area (Å²) < 4.78 is 12.7. The topological polar surface area (TPSA) is 101 Å². The second kappa shape index (κ2) is 4.21. The summed E-state index contributed by atoms with van der Waals surface area (Å²) in [5.74, 6) is 0.181. The van der Waals surface area contributed by atoms with Crippen LogP contribution in [0.15, 0.2) is 9.59 Å². The average Bonchev–Trinajstić information content (AvgIpc) is 2.96. The Labute approximate surface area is 106 Å². The fourth-order valence-electron chi connectivity index (χ4n) is 1.87. The predicted molar refractivity (Wildman–Crippen MR) is 62.5 cm³/mol. The van der Waals surface area contributed by atoms with Crippen molar-refractivity contribution in [1.82, 2.24) is 24.3 Å². The van der Waals surface area contributed by atoms with Gasteiger partial charge in [0.1, 0.15) is 0 Å². The van der Waals surface area contributed by atoms with Crippen LogP contribution in [0.5, 0.6) is 0 Å². The van der Waals surface area contributed by atoms with Crippen molar-refractivity contribution in [2.75, 3.05) is 13.2 Å². The van der Waals surface area contributed by atoms with Crippen molar-refractivity contribution in [3.8, 4) is 0 Å². The van der Waals surface area contributed by atoms with E-state index in [9.17, 15) is 9.59 Å². The third kappa shape index (κ3) is 1.74. The van der Waals surface area contributed by atoms with Gasteiger partial charge in [-0.1, -0.05) is 0 Å². The Balaban J connectivity index is 2.28. The fraction of sp³-hybridized carbons (Fsp3) is 0.500. The molecule has 0 N–H and O–H groups in total. The van der Waals surface area contributed by atoms with E-state index in [0.29, 0.717) is 13.2 Å². The predicted octanol–water partition coefficient (Wildman–Crippen LogP) is -1.53. The van der Waals surface area contributed by atoms with E-state index in [1.54, 1.807) is 0 Å². The van der Waals surface area contributed by atoms with E-state index in [1.165, 1.54) is 18.7 Å². The molecule has 2 aromatic heterocycles. The first-order chi connectivity index (χ1) is 9.09. The summed E-state index contributed by atoms with van der Waals surface area (Å²) in [5.41, 5.74) is -0.800. The van der Waals surface area contributed by atoms with Gasteiger partial charge in [-0.3, -0.25) is 13.9 Å². The molecule has 3 heterocycles. The van der Waals surface area contributed by atoms with Crippen molar-refractivity contribution >= 4 is 11.2 Å². The van der Waals surface area contributed by atoms with E-state index in [2.05, 4.69) is 15.2 Å². The maximum Gasteiger partial charge on any atom is 0.332 e. The zero-order chi connectivity index (χ0) is 13.6. The molecule has 1 aliphatic rings. The largest absolute Gasteiger partial charge is 0.343 e. The summed E-state index contributed by atoms with van der Waals surface area (Å²) >= 11 is 0. The lowest BCUT2D eigenvalue weighted by Gasteiger charge is -2.09. The van der Waals surface area contributed by atoms with Crippen molar-refractivity contribution in [1.29, 1.82) is 0 Å². The zero-order valence-corrected chi connectivity index (χ0v) is 10.4. The van der Waals surface area contributed by atoms with Crippen molar-refractivity contribution in [2.24, 2.45) is 14.1 Å². The zero-order valence-electron chi connectivity index (χ0n) is 10.4. The molecule has 0 saturated carbocycles. The summed E-state index contributed by atoms with van der Waals surface area (Å²) in [5, 5.41) is 7.71. The first-order valence-electron chi connectivity index (χ1n) is 5.63. The summed E-state index contributed by atoms with van der Waals surface area (Å²) in [6.45, 7) is 0.884. The average molecular weight is 265 g/mol. The molecule has 0 aliphatic carbocycles. The van der Waals surface area contributed by atoms with E-state index in [1.807, 2.05) is 0 Å². The lowest BCUT2D eigenvalue weighted by Crippen LogP contribution is -2.38. The van der Waals surface area contributed by atoms with Crippen LogP contribution in [0.4, 0.5) is 0 Å². The maximum absolute atomic E-state index is 12.0. The van der Waals surface area contributed by atoms with Gasteiger partial charge in [-0.15, -0.1) is 10.2 Å². The normalized spacial score (nSPS) is 16.3. The molecule has 0 aromatic carbocycles. The van der Waals surface area contributed by atoms with E-state index >= 15 is 0 Å². The van der Waals surface area contributed by atoms with Crippen molar-refractivity contribution in [2.45, 2.75) is 6.29 Å². The van der Waals surface area contributed by atoms with Gasteiger partial charge in [-0.25, -0.2) is 9.78 Å². The van der Waals surface area contributed by atoms with Crippen molar-refractivity contribution in [3.63, 3.8) is 0 Å². The number of hydrogen-bond acceptors (Lipinski definition) is 7. The molecule has 19 heavy (non-hydrogen) atoms. The molecular weight excluding hydrogens is 254 g/mol. The standard InChI is InChI=1S/C10H11N5O4/c1-14-7-5(8(16)15(2)10(14)17)11-6(12-13-7)9-18-3-4-19-9/h9H,3-4H2,1-2H3. The number of hydrogen-bond donors (Lipinski definition) is 0. The lowest BCUT2D eigenvalue weighted by molar-refractivity contribution is -0.0511. The van der Waals surface area contributed by atoms with Gasteiger partial charge in [-0.05, 0) is 0 Å². The highest BCUT2D eigenvalue weighted by Gasteiger charge is 2.23. The Kier molecular flexibility index (Phi) is 2.64. The first kappa shape index (κ1) is 11.9. The van der Waals surface area contributed by atoms with Crippen LogP contribution in [0.1, 0.15) is 12.1 Å². The van der Waals surface area contributed by atoms with Gasteiger partial charge in [0.15, 0.2) is 11.2 Å². The van der Waals surface area contributed by atoms with Crippen LogP contribution in [-0.4, -0.2) is 37.5 Å². The second-order valence-electron chi connectivity index (χ2n) is 4.12. The van der Waals surface area contributed by atoms with Gasteiger partial charge in [0, 0.05) is 14.1 Å². The number of fused-ring (bicyclic) bond motifs is 1. The number of rotatable bonds is 1. The highest BCUT2D eigenvalue weighted by molar-refractivity contribution is 5.67. The van der Waals surface area contributed by atoms with Crippen LogP contribution in [0.25, 0.3) is 11.2 Å². The molecule has 0 atom stereocenters. The Morgan fingerprint density at radius 1 is 1.11 bits per heavy atom. The molecule has 0 bridgehead atoms. The van der Waals surface area contributed by atoms with E-state index < -0.39 is 17.5 Å². The number of ether oxygens (including phenoxy) is 2. The quantitative estimate of drug-likeness (QED) is 0.616. The molecule has 3 rings (SSSR count). The Morgan fingerprint density at radius 3 is 2.47 bits per heavy atom.